The lowest BCUT2D eigenvalue weighted by Crippen LogP contribution is -2.32. The molecule has 2 amide bonds. The molecular formula is C24H17F3N2O3. The van der Waals surface area contributed by atoms with E-state index in [1.165, 1.54) is 12.1 Å². The summed E-state index contributed by atoms with van der Waals surface area (Å²) < 4.78 is 41.8. The van der Waals surface area contributed by atoms with Crippen LogP contribution in [0.25, 0.3) is 5.57 Å². The Balaban J connectivity index is 1.76. The predicted molar refractivity (Wildman–Crippen MR) is 114 cm³/mol. The molecule has 1 aliphatic rings. The lowest BCUT2D eigenvalue weighted by molar-refractivity contribution is -0.274. The molecule has 1 heterocycles. The van der Waals surface area contributed by atoms with Crippen molar-refractivity contribution in [2.24, 2.45) is 0 Å². The fraction of sp³-hybridized carbons (Fsp3) is 0.0833. The molecule has 0 unspecified atom stereocenters. The van der Waals surface area contributed by atoms with Gasteiger partial charge in [-0.3, -0.25) is 9.59 Å². The molecule has 5 nitrogen and oxygen atoms in total. The number of hydrogen-bond acceptors (Lipinski definition) is 4. The number of nitrogens with one attached hydrogen (secondary N) is 1. The van der Waals surface area contributed by atoms with E-state index in [1.807, 2.05) is 19.1 Å². The smallest absolute Gasteiger partial charge is 0.406 e. The topological polar surface area (TPSA) is 58.6 Å². The van der Waals surface area contributed by atoms with Crippen LogP contribution in [0.3, 0.4) is 0 Å². The van der Waals surface area contributed by atoms with Crippen LogP contribution >= 0.6 is 0 Å². The Hall–Kier alpha value is -4.07. The van der Waals surface area contributed by atoms with E-state index in [9.17, 15) is 22.8 Å². The number of aryl methyl sites for hydroxylation is 1. The quantitative estimate of drug-likeness (QED) is 0.550. The van der Waals surface area contributed by atoms with Crippen molar-refractivity contribution in [3.63, 3.8) is 0 Å². The maximum absolute atomic E-state index is 13.3. The number of nitrogens with zero attached hydrogens (tertiary/aromatic N) is 1. The maximum atomic E-state index is 13.3. The highest BCUT2D eigenvalue weighted by atomic mass is 19.4. The van der Waals surface area contributed by atoms with Gasteiger partial charge < -0.3 is 10.1 Å². The van der Waals surface area contributed by atoms with Crippen LogP contribution in [0.4, 0.5) is 24.5 Å². The van der Waals surface area contributed by atoms with Gasteiger partial charge in [-0.1, -0.05) is 54.1 Å². The van der Waals surface area contributed by atoms with Crippen LogP contribution in [0.1, 0.15) is 11.1 Å². The minimum atomic E-state index is -4.90. The molecule has 8 heteroatoms. The van der Waals surface area contributed by atoms with Crippen LogP contribution in [-0.2, 0) is 9.59 Å². The highest BCUT2D eigenvalue weighted by Crippen LogP contribution is 2.35. The normalized spacial score (nSPS) is 14.2. The molecule has 4 rings (SSSR count). The van der Waals surface area contributed by atoms with E-state index in [0.29, 0.717) is 11.3 Å². The maximum Gasteiger partial charge on any atom is 0.573 e. The molecule has 162 valence electrons. The first-order valence-corrected chi connectivity index (χ1v) is 9.61. The average Bonchev–Trinajstić information content (AvgIpc) is 2.99. The van der Waals surface area contributed by atoms with Gasteiger partial charge in [0.2, 0.25) is 0 Å². The zero-order chi connectivity index (χ0) is 22.9. The standard InChI is InChI=1S/C24H17F3N2O3/c1-15-10-12-17(13-11-15)28-21-20(16-6-3-2-4-7-16)22(30)29(23(21)31)18-8-5-9-19(14-18)32-24(25,26)27/h2-14,28H,1H3. The van der Waals surface area contributed by atoms with Crippen molar-refractivity contribution >= 4 is 28.8 Å². The summed E-state index contributed by atoms with van der Waals surface area (Å²) in [7, 11) is 0. The second kappa shape index (κ2) is 8.22. The summed E-state index contributed by atoms with van der Waals surface area (Å²) >= 11 is 0. The Bertz CT molecular complexity index is 1200. The molecule has 0 spiro atoms. The van der Waals surface area contributed by atoms with Crippen molar-refractivity contribution < 1.29 is 27.5 Å². The number of amides is 2. The Morgan fingerprint density at radius 1 is 0.844 bits per heavy atom. The first-order valence-electron chi connectivity index (χ1n) is 9.61. The third-order valence-corrected chi connectivity index (χ3v) is 4.78. The monoisotopic (exact) mass is 438 g/mol. The van der Waals surface area contributed by atoms with Gasteiger partial charge in [-0.25, -0.2) is 4.90 Å². The van der Waals surface area contributed by atoms with Crippen molar-refractivity contribution in [3.05, 3.63) is 95.7 Å². The lowest BCUT2D eigenvalue weighted by atomic mass is 10.0. The number of carbonyl (C=O) groups excluding carboxylic acids is 2. The lowest BCUT2D eigenvalue weighted by Gasteiger charge is -2.17. The van der Waals surface area contributed by atoms with E-state index < -0.39 is 23.9 Å². The SMILES string of the molecule is Cc1ccc(NC2=C(c3ccccc3)C(=O)N(c3cccc(OC(F)(F)F)c3)C2=O)cc1. The fourth-order valence-electron chi connectivity index (χ4n) is 3.35. The molecule has 32 heavy (non-hydrogen) atoms. The van der Waals surface area contributed by atoms with Crippen molar-refractivity contribution in [3.8, 4) is 5.75 Å². The molecule has 3 aromatic carbocycles. The van der Waals surface area contributed by atoms with E-state index in [2.05, 4.69) is 10.1 Å². The largest absolute Gasteiger partial charge is 0.573 e. The van der Waals surface area contributed by atoms with Crippen LogP contribution in [0.2, 0.25) is 0 Å². The number of anilines is 2. The van der Waals surface area contributed by atoms with E-state index >= 15 is 0 Å². The van der Waals surface area contributed by atoms with Crippen LogP contribution in [-0.4, -0.2) is 18.2 Å². The van der Waals surface area contributed by atoms with Gasteiger partial charge in [0.15, 0.2) is 0 Å². The number of ether oxygens (including phenoxy) is 1. The Morgan fingerprint density at radius 2 is 1.53 bits per heavy atom. The van der Waals surface area contributed by atoms with Crippen molar-refractivity contribution in [2.75, 3.05) is 10.2 Å². The Morgan fingerprint density at radius 3 is 2.19 bits per heavy atom. The van der Waals surface area contributed by atoms with Gasteiger partial charge in [-0.05, 0) is 36.8 Å². The summed E-state index contributed by atoms with van der Waals surface area (Å²) in [4.78, 5) is 27.4. The summed E-state index contributed by atoms with van der Waals surface area (Å²) in [6, 6.07) is 20.6. The molecule has 0 aliphatic carbocycles. The molecule has 3 aromatic rings. The molecule has 0 bridgehead atoms. The Labute approximate surface area is 181 Å². The summed E-state index contributed by atoms with van der Waals surface area (Å²) in [6.07, 6.45) is -4.90. The zero-order valence-electron chi connectivity index (χ0n) is 16.8. The Kier molecular flexibility index (Phi) is 5.44. The number of hydrogen-bond donors (Lipinski definition) is 1. The number of rotatable bonds is 5. The molecule has 0 radical (unpaired) electrons. The zero-order valence-corrected chi connectivity index (χ0v) is 16.8. The molecule has 0 fully saturated rings. The summed E-state index contributed by atoms with van der Waals surface area (Å²) in [5.41, 5.74) is 2.24. The fourth-order valence-corrected chi connectivity index (χ4v) is 3.35. The summed E-state index contributed by atoms with van der Waals surface area (Å²) in [5.74, 6) is -1.87. The molecule has 1 N–H and O–H groups in total. The molecule has 0 saturated heterocycles. The second-order valence-electron chi connectivity index (χ2n) is 7.10. The second-order valence-corrected chi connectivity index (χ2v) is 7.10. The average molecular weight is 438 g/mol. The number of imide groups is 1. The van der Waals surface area contributed by atoms with Gasteiger partial charge in [0.25, 0.3) is 11.8 Å². The molecule has 0 saturated carbocycles. The van der Waals surface area contributed by atoms with Gasteiger partial charge in [-0.2, -0.15) is 0 Å². The van der Waals surface area contributed by atoms with Gasteiger partial charge >= 0.3 is 6.36 Å². The van der Waals surface area contributed by atoms with Gasteiger partial charge in [-0.15, -0.1) is 13.2 Å². The minimum absolute atomic E-state index is 0.0316. The first-order chi connectivity index (χ1) is 15.2. The molecule has 0 aromatic heterocycles. The van der Waals surface area contributed by atoms with E-state index in [4.69, 9.17) is 0 Å². The number of halogens is 3. The number of carbonyl (C=O) groups is 2. The molecular weight excluding hydrogens is 421 g/mol. The predicted octanol–water partition coefficient (Wildman–Crippen LogP) is 5.29. The first kappa shape index (κ1) is 21.2. The molecule has 0 atom stereocenters. The van der Waals surface area contributed by atoms with Gasteiger partial charge in [0.1, 0.15) is 11.4 Å². The van der Waals surface area contributed by atoms with Crippen LogP contribution in [0, 0.1) is 6.92 Å². The van der Waals surface area contributed by atoms with Gasteiger partial charge in [0, 0.05) is 11.8 Å². The summed E-state index contributed by atoms with van der Waals surface area (Å²) in [6.45, 7) is 1.92. The van der Waals surface area contributed by atoms with Gasteiger partial charge in [0.05, 0.1) is 11.3 Å². The van der Waals surface area contributed by atoms with Crippen molar-refractivity contribution in [1.29, 1.82) is 0 Å². The van der Waals surface area contributed by atoms with E-state index in [1.54, 1.807) is 42.5 Å². The number of alkyl halides is 3. The molecule has 1 aliphatic heterocycles. The van der Waals surface area contributed by atoms with Crippen LogP contribution in [0.15, 0.2) is 84.6 Å². The van der Waals surface area contributed by atoms with E-state index in [0.717, 1.165) is 22.6 Å². The van der Waals surface area contributed by atoms with Crippen LogP contribution in [0.5, 0.6) is 5.75 Å². The highest BCUT2D eigenvalue weighted by Gasteiger charge is 2.40. The van der Waals surface area contributed by atoms with Crippen molar-refractivity contribution in [1.82, 2.24) is 0 Å². The summed E-state index contributed by atoms with van der Waals surface area (Å²) in [5, 5.41) is 3.01. The third kappa shape index (κ3) is 4.34. The highest BCUT2D eigenvalue weighted by molar-refractivity contribution is 6.46. The third-order valence-electron chi connectivity index (χ3n) is 4.78. The van der Waals surface area contributed by atoms with Crippen LogP contribution < -0.4 is 15.0 Å². The minimum Gasteiger partial charge on any atom is -0.406 e. The number of benzene rings is 3. The van der Waals surface area contributed by atoms with E-state index in [-0.39, 0.29) is 17.0 Å². The van der Waals surface area contributed by atoms with Crippen molar-refractivity contribution in [2.45, 2.75) is 13.3 Å².